The molecular formula is C34H37NO5. The van der Waals surface area contributed by atoms with Crippen LogP contribution in [-0.4, -0.2) is 34.6 Å². The Morgan fingerprint density at radius 3 is 2.38 bits per heavy atom. The molecule has 0 atom stereocenters. The predicted molar refractivity (Wildman–Crippen MR) is 160 cm³/mol. The second-order valence-corrected chi connectivity index (χ2v) is 10.1. The predicted octanol–water partition coefficient (Wildman–Crippen LogP) is 7.73. The summed E-state index contributed by atoms with van der Waals surface area (Å²) in [6.07, 6.45) is 8.67. The fourth-order valence-corrected chi connectivity index (χ4v) is 4.83. The van der Waals surface area contributed by atoms with E-state index in [1.54, 1.807) is 6.92 Å². The highest BCUT2D eigenvalue weighted by atomic mass is 16.5. The second kappa shape index (κ2) is 13.7. The molecule has 0 aliphatic heterocycles. The fourth-order valence-electron chi connectivity index (χ4n) is 4.83. The van der Waals surface area contributed by atoms with Gasteiger partial charge in [0.15, 0.2) is 5.78 Å². The van der Waals surface area contributed by atoms with Crippen molar-refractivity contribution < 1.29 is 24.2 Å². The third-order valence-corrected chi connectivity index (χ3v) is 6.82. The Kier molecular flexibility index (Phi) is 9.79. The number of carboxylic acid groups (broad SMARTS) is 1. The minimum absolute atomic E-state index is 0.0181. The maximum Gasteiger partial charge on any atom is 0.303 e. The van der Waals surface area contributed by atoms with E-state index in [0.29, 0.717) is 37.5 Å². The molecule has 3 aromatic carbocycles. The molecule has 1 aromatic heterocycles. The van der Waals surface area contributed by atoms with Crippen LogP contribution in [0.3, 0.4) is 0 Å². The van der Waals surface area contributed by atoms with E-state index in [1.165, 1.54) is 0 Å². The van der Waals surface area contributed by atoms with Gasteiger partial charge in [-0.05, 0) is 92.6 Å². The number of hydrogen-bond donors (Lipinski definition) is 1. The molecule has 4 rings (SSSR count). The standard InChI is InChI=1S/C34H37NO5/c1-24-22-25(2)34(31(23-24)26(3)36)40-21-5-4-20-39-29-15-12-27(13-16-29)11-14-28-8-6-9-32-30(28)17-19-35(32)18-7-10-33(37)38/h6,8-9,11-17,19,22-23H,4-5,7,10,18,20-21H2,1-3H3,(H,37,38)/b14-11+. The lowest BCUT2D eigenvalue weighted by atomic mass is 10.0. The van der Waals surface area contributed by atoms with Gasteiger partial charge in [-0.2, -0.15) is 0 Å². The van der Waals surface area contributed by atoms with Gasteiger partial charge in [-0.25, -0.2) is 0 Å². The quantitative estimate of drug-likeness (QED) is 0.101. The fraction of sp³-hybridized carbons (Fsp3) is 0.294. The summed E-state index contributed by atoms with van der Waals surface area (Å²) in [5.41, 5.74) is 5.99. The number of carbonyl (C=O) groups excluding carboxylic acids is 1. The zero-order chi connectivity index (χ0) is 28.5. The second-order valence-electron chi connectivity index (χ2n) is 10.1. The zero-order valence-corrected chi connectivity index (χ0v) is 23.5. The van der Waals surface area contributed by atoms with Crippen LogP contribution in [0.4, 0.5) is 0 Å². The van der Waals surface area contributed by atoms with Gasteiger partial charge >= 0.3 is 5.97 Å². The lowest BCUT2D eigenvalue weighted by Crippen LogP contribution is -2.07. The molecule has 0 unspecified atom stereocenters. The van der Waals surface area contributed by atoms with Crippen molar-refractivity contribution in [1.82, 2.24) is 4.57 Å². The van der Waals surface area contributed by atoms with Crippen molar-refractivity contribution in [2.45, 2.75) is 53.0 Å². The van der Waals surface area contributed by atoms with E-state index in [4.69, 9.17) is 14.6 Å². The largest absolute Gasteiger partial charge is 0.494 e. The van der Waals surface area contributed by atoms with E-state index >= 15 is 0 Å². The van der Waals surface area contributed by atoms with Crippen LogP contribution in [0.1, 0.15) is 65.2 Å². The van der Waals surface area contributed by atoms with Gasteiger partial charge in [-0.3, -0.25) is 9.59 Å². The Bertz CT molecular complexity index is 1500. The highest BCUT2D eigenvalue weighted by Crippen LogP contribution is 2.26. The van der Waals surface area contributed by atoms with Crippen LogP contribution in [0.25, 0.3) is 23.1 Å². The first-order valence-corrected chi connectivity index (χ1v) is 13.8. The number of aryl methyl sites for hydroxylation is 3. The molecule has 0 saturated heterocycles. The number of unbranched alkanes of at least 4 members (excludes halogenated alkanes) is 1. The van der Waals surface area contributed by atoms with Gasteiger partial charge in [0.25, 0.3) is 0 Å². The van der Waals surface area contributed by atoms with Gasteiger partial charge in [0.05, 0.1) is 18.8 Å². The number of aliphatic carboxylic acids is 1. The highest BCUT2D eigenvalue weighted by Gasteiger charge is 2.12. The van der Waals surface area contributed by atoms with E-state index in [9.17, 15) is 9.59 Å². The Labute approximate surface area is 235 Å². The average Bonchev–Trinajstić information content (AvgIpc) is 3.34. The minimum Gasteiger partial charge on any atom is -0.494 e. The summed E-state index contributed by atoms with van der Waals surface area (Å²) in [6.45, 7) is 7.35. The molecule has 6 nitrogen and oxygen atoms in total. The number of nitrogens with zero attached hydrogens (tertiary/aromatic N) is 1. The van der Waals surface area contributed by atoms with E-state index in [0.717, 1.165) is 51.7 Å². The molecule has 0 spiro atoms. The van der Waals surface area contributed by atoms with Gasteiger partial charge in [0.1, 0.15) is 11.5 Å². The Hall–Kier alpha value is -4.32. The van der Waals surface area contributed by atoms with Crippen LogP contribution in [-0.2, 0) is 11.3 Å². The molecule has 0 aliphatic carbocycles. The number of Topliss-reactive ketones (excluding diaryl/α,β-unsaturated/α-hetero) is 1. The molecule has 1 N–H and O–H groups in total. The topological polar surface area (TPSA) is 77.8 Å². The van der Waals surface area contributed by atoms with Crippen molar-refractivity contribution in [3.05, 3.63) is 94.7 Å². The van der Waals surface area contributed by atoms with Crippen LogP contribution >= 0.6 is 0 Å². The van der Waals surface area contributed by atoms with E-state index < -0.39 is 5.97 Å². The van der Waals surface area contributed by atoms with Crippen molar-refractivity contribution in [3.63, 3.8) is 0 Å². The normalized spacial score (nSPS) is 11.3. The molecular weight excluding hydrogens is 502 g/mol. The summed E-state index contributed by atoms with van der Waals surface area (Å²) < 4.78 is 14.0. The zero-order valence-electron chi connectivity index (χ0n) is 23.5. The maximum absolute atomic E-state index is 12.0. The minimum atomic E-state index is -0.764. The number of hydrogen-bond acceptors (Lipinski definition) is 4. The lowest BCUT2D eigenvalue weighted by Gasteiger charge is -2.14. The Balaban J connectivity index is 1.25. The molecule has 4 aromatic rings. The number of carbonyl (C=O) groups is 2. The van der Waals surface area contributed by atoms with Crippen molar-refractivity contribution in [3.8, 4) is 11.5 Å². The number of ketones is 1. The van der Waals surface area contributed by atoms with Crippen molar-refractivity contribution in [2.75, 3.05) is 13.2 Å². The average molecular weight is 540 g/mol. The van der Waals surface area contributed by atoms with Crippen molar-refractivity contribution >= 4 is 34.8 Å². The molecule has 0 aliphatic rings. The van der Waals surface area contributed by atoms with E-state index in [-0.39, 0.29) is 12.2 Å². The number of aromatic nitrogens is 1. The molecule has 0 fully saturated rings. The summed E-state index contributed by atoms with van der Waals surface area (Å²) >= 11 is 0. The number of ether oxygens (including phenoxy) is 2. The number of carboxylic acids is 1. The molecule has 6 heteroatoms. The molecule has 0 saturated carbocycles. The van der Waals surface area contributed by atoms with Gasteiger partial charge < -0.3 is 19.1 Å². The highest BCUT2D eigenvalue weighted by molar-refractivity contribution is 5.97. The van der Waals surface area contributed by atoms with Gasteiger partial charge in [0.2, 0.25) is 0 Å². The summed E-state index contributed by atoms with van der Waals surface area (Å²) in [5.74, 6) is 0.767. The van der Waals surface area contributed by atoms with E-state index in [1.807, 2.05) is 62.5 Å². The first-order valence-electron chi connectivity index (χ1n) is 13.8. The molecule has 0 amide bonds. The van der Waals surface area contributed by atoms with Crippen molar-refractivity contribution in [2.24, 2.45) is 0 Å². The molecule has 40 heavy (non-hydrogen) atoms. The summed E-state index contributed by atoms with van der Waals surface area (Å²) in [5, 5.41) is 10.0. The third kappa shape index (κ3) is 7.63. The van der Waals surface area contributed by atoms with Gasteiger partial charge in [-0.15, -0.1) is 0 Å². The van der Waals surface area contributed by atoms with Crippen LogP contribution in [0.5, 0.6) is 11.5 Å². The van der Waals surface area contributed by atoms with Gasteiger partial charge in [0, 0.05) is 30.1 Å². The first kappa shape index (κ1) is 28.7. The van der Waals surface area contributed by atoms with Gasteiger partial charge in [-0.1, -0.05) is 42.5 Å². The van der Waals surface area contributed by atoms with Crippen LogP contribution in [0, 0.1) is 13.8 Å². The summed E-state index contributed by atoms with van der Waals surface area (Å²) in [7, 11) is 0. The molecule has 208 valence electrons. The Morgan fingerprint density at radius 2 is 1.65 bits per heavy atom. The monoisotopic (exact) mass is 539 g/mol. The van der Waals surface area contributed by atoms with Crippen LogP contribution in [0.15, 0.2) is 66.9 Å². The summed E-state index contributed by atoms with van der Waals surface area (Å²) in [4.78, 5) is 22.8. The lowest BCUT2D eigenvalue weighted by molar-refractivity contribution is -0.137. The smallest absolute Gasteiger partial charge is 0.303 e. The third-order valence-electron chi connectivity index (χ3n) is 6.82. The number of fused-ring (bicyclic) bond motifs is 1. The SMILES string of the molecule is CC(=O)c1cc(C)cc(C)c1OCCCCOc1ccc(/C=C/c2cccc3c2ccn3CCCC(=O)O)cc1. The molecule has 0 radical (unpaired) electrons. The molecule has 0 bridgehead atoms. The molecule has 1 heterocycles. The van der Waals surface area contributed by atoms with Crippen molar-refractivity contribution in [1.29, 1.82) is 0 Å². The van der Waals surface area contributed by atoms with E-state index in [2.05, 4.69) is 34.9 Å². The first-order chi connectivity index (χ1) is 19.3. The Morgan fingerprint density at radius 1 is 0.900 bits per heavy atom. The summed E-state index contributed by atoms with van der Waals surface area (Å²) in [6, 6.07) is 20.2. The van der Waals surface area contributed by atoms with Crippen LogP contribution < -0.4 is 9.47 Å². The maximum atomic E-state index is 12.0. The number of rotatable bonds is 14. The van der Waals surface area contributed by atoms with Crippen LogP contribution in [0.2, 0.25) is 0 Å². The number of benzene rings is 3.